The number of urea groups is 1. The lowest BCUT2D eigenvalue weighted by atomic mass is 10.0. The second kappa shape index (κ2) is 8.79. The Bertz CT molecular complexity index is 1030. The fourth-order valence-electron chi connectivity index (χ4n) is 3.80. The molecule has 158 valence electrons. The summed E-state index contributed by atoms with van der Waals surface area (Å²) < 4.78 is 32.8. The highest BCUT2D eigenvalue weighted by molar-refractivity contribution is 5.75. The summed E-state index contributed by atoms with van der Waals surface area (Å²) in [5, 5.41) is 2.93. The first kappa shape index (κ1) is 20.3. The van der Waals surface area contributed by atoms with Crippen LogP contribution < -0.4 is 5.32 Å². The van der Waals surface area contributed by atoms with Crippen LogP contribution in [-0.4, -0.2) is 47.0 Å². The molecule has 0 unspecified atom stereocenters. The monoisotopic (exact) mass is 414 g/mol. The molecule has 2 aromatic carbocycles. The average Bonchev–Trinajstić information content (AvgIpc) is 3.20. The second-order valence-corrected chi connectivity index (χ2v) is 7.71. The minimum Gasteiger partial charge on any atom is -0.443 e. The number of rotatable bonds is 5. The number of nitrogens with zero attached hydrogens (tertiary/aromatic N) is 3. The molecule has 1 aromatic heterocycles. The molecule has 1 aliphatic rings. The van der Waals surface area contributed by atoms with E-state index in [1.165, 1.54) is 18.5 Å². The maximum Gasteiger partial charge on any atom is 0.318 e. The molecular weight excluding hydrogens is 390 g/mol. The largest absolute Gasteiger partial charge is 0.443 e. The Balaban J connectivity index is 1.49. The molecule has 0 spiro atoms. The Morgan fingerprint density at radius 2 is 2.03 bits per heavy atom. The molecule has 1 fully saturated rings. The summed E-state index contributed by atoms with van der Waals surface area (Å²) in [6.45, 7) is 2.14. The number of hydrogen-bond donors (Lipinski definition) is 1. The minimum absolute atomic E-state index is 0.0105. The molecular formula is C22H24F2N4O2. The summed E-state index contributed by atoms with van der Waals surface area (Å²) in [7, 11) is 2.04. The fraction of sp³-hybridized carbons (Fsp3) is 0.364. The number of amides is 2. The van der Waals surface area contributed by atoms with Crippen LogP contribution in [0.25, 0.3) is 11.1 Å². The summed E-state index contributed by atoms with van der Waals surface area (Å²) in [4.78, 5) is 21.1. The molecule has 0 radical (unpaired) electrons. The van der Waals surface area contributed by atoms with E-state index in [2.05, 4.69) is 15.2 Å². The zero-order valence-electron chi connectivity index (χ0n) is 16.8. The van der Waals surface area contributed by atoms with Gasteiger partial charge in [-0.05, 0) is 56.7 Å². The number of oxazole rings is 1. The van der Waals surface area contributed by atoms with E-state index in [1.807, 2.05) is 25.2 Å². The van der Waals surface area contributed by atoms with Crippen LogP contribution in [0.1, 0.15) is 24.0 Å². The molecule has 6 nitrogen and oxygen atoms in total. The van der Waals surface area contributed by atoms with Crippen molar-refractivity contribution in [3.63, 3.8) is 0 Å². The highest BCUT2D eigenvalue weighted by Gasteiger charge is 2.27. The lowest BCUT2D eigenvalue weighted by molar-refractivity contribution is 0.126. The third kappa shape index (κ3) is 4.59. The van der Waals surface area contributed by atoms with Crippen LogP contribution in [0.3, 0.4) is 0 Å². The van der Waals surface area contributed by atoms with E-state index in [4.69, 9.17) is 4.42 Å². The Morgan fingerprint density at radius 3 is 2.80 bits per heavy atom. The molecule has 8 heteroatoms. The van der Waals surface area contributed by atoms with Crippen LogP contribution >= 0.6 is 0 Å². The SMILES string of the molecule is CN1CCC(N(Cc2ccc(F)cc2F)C(=O)NCc2ccc3ocnc3c2)CC1. The second-order valence-electron chi connectivity index (χ2n) is 7.71. The van der Waals surface area contributed by atoms with Crippen molar-refractivity contribution in [3.8, 4) is 0 Å². The van der Waals surface area contributed by atoms with Crippen molar-refractivity contribution in [1.29, 1.82) is 0 Å². The zero-order chi connectivity index (χ0) is 21.1. The molecule has 1 aliphatic heterocycles. The minimum atomic E-state index is -0.641. The summed E-state index contributed by atoms with van der Waals surface area (Å²) in [5.74, 6) is -1.27. The van der Waals surface area contributed by atoms with Gasteiger partial charge in [0.1, 0.15) is 17.2 Å². The lowest BCUT2D eigenvalue weighted by Gasteiger charge is -2.37. The number of piperidine rings is 1. The maximum absolute atomic E-state index is 14.2. The van der Waals surface area contributed by atoms with Gasteiger partial charge in [0.2, 0.25) is 0 Å². The van der Waals surface area contributed by atoms with Crippen LogP contribution in [0.5, 0.6) is 0 Å². The molecule has 1 saturated heterocycles. The molecule has 0 saturated carbocycles. The van der Waals surface area contributed by atoms with Gasteiger partial charge >= 0.3 is 6.03 Å². The molecule has 2 amide bonds. The molecule has 1 N–H and O–H groups in total. The van der Waals surface area contributed by atoms with E-state index < -0.39 is 11.6 Å². The van der Waals surface area contributed by atoms with Crippen LogP contribution in [0, 0.1) is 11.6 Å². The van der Waals surface area contributed by atoms with Gasteiger partial charge in [-0.25, -0.2) is 18.6 Å². The molecule has 3 aromatic rings. The smallest absolute Gasteiger partial charge is 0.318 e. The maximum atomic E-state index is 14.2. The first-order valence-corrected chi connectivity index (χ1v) is 9.98. The van der Waals surface area contributed by atoms with E-state index in [1.54, 1.807) is 4.90 Å². The third-order valence-corrected chi connectivity index (χ3v) is 5.58. The third-order valence-electron chi connectivity index (χ3n) is 5.58. The van der Waals surface area contributed by atoms with Crippen molar-refractivity contribution < 1.29 is 18.0 Å². The van der Waals surface area contributed by atoms with E-state index in [9.17, 15) is 13.6 Å². The van der Waals surface area contributed by atoms with Crippen molar-refractivity contribution in [1.82, 2.24) is 20.1 Å². The van der Waals surface area contributed by atoms with Crippen molar-refractivity contribution in [2.45, 2.75) is 32.0 Å². The van der Waals surface area contributed by atoms with Crippen LogP contribution in [0.4, 0.5) is 13.6 Å². The average molecular weight is 414 g/mol. The number of carbonyl (C=O) groups is 1. The van der Waals surface area contributed by atoms with Gasteiger partial charge in [-0.15, -0.1) is 0 Å². The fourth-order valence-corrected chi connectivity index (χ4v) is 3.80. The van der Waals surface area contributed by atoms with Crippen molar-refractivity contribution in [3.05, 3.63) is 65.6 Å². The zero-order valence-corrected chi connectivity index (χ0v) is 16.8. The number of halogens is 2. The number of fused-ring (bicyclic) bond motifs is 1. The summed E-state index contributed by atoms with van der Waals surface area (Å²) in [6.07, 6.45) is 2.99. The Labute approximate surface area is 173 Å². The molecule has 30 heavy (non-hydrogen) atoms. The Morgan fingerprint density at radius 1 is 1.23 bits per heavy atom. The van der Waals surface area contributed by atoms with Crippen LogP contribution in [0.2, 0.25) is 0 Å². The molecule has 2 heterocycles. The van der Waals surface area contributed by atoms with E-state index in [0.29, 0.717) is 17.7 Å². The van der Waals surface area contributed by atoms with Gasteiger partial charge in [0.25, 0.3) is 0 Å². The Hall–Kier alpha value is -3.00. The van der Waals surface area contributed by atoms with Gasteiger partial charge in [-0.3, -0.25) is 0 Å². The topological polar surface area (TPSA) is 61.6 Å². The van der Waals surface area contributed by atoms with Crippen molar-refractivity contribution >= 4 is 17.1 Å². The molecule has 4 rings (SSSR count). The van der Waals surface area contributed by atoms with E-state index in [0.717, 1.165) is 43.1 Å². The standard InChI is InChI=1S/C22H24F2N4O2/c1-27-8-6-18(7-9-27)28(13-16-3-4-17(23)11-19(16)24)22(29)25-12-15-2-5-21-20(10-15)26-14-30-21/h2-5,10-11,14,18H,6-9,12-13H2,1H3,(H,25,29). The van der Waals surface area contributed by atoms with E-state index in [-0.39, 0.29) is 18.6 Å². The number of carbonyl (C=O) groups excluding carboxylic acids is 1. The molecule has 0 aliphatic carbocycles. The number of aromatic nitrogens is 1. The first-order chi connectivity index (χ1) is 14.5. The number of nitrogens with one attached hydrogen (secondary N) is 1. The molecule has 0 bridgehead atoms. The number of benzene rings is 2. The summed E-state index contributed by atoms with van der Waals surface area (Å²) >= 11 is 0. The highest BCUT2D eigenvalue weighted by Crippen LogP contribution is 2.21. The first-order valence-electron chi connectivity index (χ1n) is 9.98. The van der Waals surface area contributed by atoms with Gasteiger partial charge in [-0.2, -0.15) is 0 Å². The normalized spacial score (nSPS) is 15.4. The predicted molar refractivity (Wildman–Crippen MR) is 109 cm³/mol. The van der Waals surface area contributed by atoms with Crippen molar-refractivity contribution in [2.24, 2.45) is 0 Å². The van der Waals surface area contributed by atoms with Gasteiger partial charge in [0.05, 0.1) is 6.54 Å². The van der Waals surface area contributed by atoms with E-state index >= 15 is 0 Å². The van der Waals surface area contributed by atoms with Gasteiger partial charge in [0, 0.05) is 24.2 Å². The molecule has 0 atom stereocenters. The lowest BCUT2D eigenvalue weighted by Crippen LogP contribution is -2.49. The van der Waals surface area contributed by atoms with Gasteiger partial charge in [-0.1, -0.05) is 12.1 Å². The number of likely N-dealkylation sites (tertiary alicyclic amines) is 1. The summed E-state index contributed by atoms with van der Waals surface area (Å²) in [6, 6.07) is 8.73. The predicted octanol–water partition coefficient (Wildman–Crippen LogP) is 3.91. The van der Waals surface area contributed by atoms with Gasteiger partial charge < -0.3 is 19.5 Å². The highest BCUT2D eigenvalue weighted by atomic mass is 19.1. The van der Waals surface area contributed by atoms with Crippen molar-refractivity contribution in [2.75, 3.05) is 20.1 Å². The van der Waals surface area contributed by atoms with Crippen LogP contribution in [-0.2, 0) is 13.1 Å². The van der Waals surface area contributed by atoms with Crippen LogP contribution in [0.15, 0.2) is 47.2 Å². The quantitative estimate of drug-likeness (QED) is 0.688. The van der Waals surface area contributed by atoms with Gasteiger partial charge in [0.15, 0.2) is 12.0 Å². The Kier molecular flexibility index (Phi) is 5.94. The summed E-state index contributed by atoms with van der Waals surface area (Å²) in [5.41, 5.74) is 2.60. The number of hydrogen-bond acceptors (Lipinski definition) is 4.